The second-order valence-electron chi connectivity index (χ2n) is 4.87. The third-order valence-corrected chi connectivity index (χ3v) is 4.12. The van der Waals surface area contributed by atoms with Crippen molar-refractivity contribution in [2.24, 2.45) is 0 Å². The molecule has 1 N–H and O–H groups in total. The Morgan fingerprint density at radius 2 is 2.10 bits per heavy atom. The van der Waals surface area contributed by atoms with Crippen LogP contribution < -0.4 is 10.1 Å². The Kier molecular flexibility index (Phi) is 5.82. The van der Waals surface area contributed by atoms with Crippen LogP contribution in [0.1, 0.15) is 30.8 Å². The molecule has 0 amide bonds. The molecule has 1 aromatic carbocycles. The number of aromatic nitrogens is 2. The lowest BCUT2D eigenvalue weighted by Crippen LogP contribution is -2.08. The summed E-state index contributed by atoms with van der Waals surface area (Å²) in [7, 11) is 1.94. The van der Waals surface area contributed by atoms with E-state index < -0.39 is 0 Å². The minimum Gasteiger partial charge on any atom is -0.487 e. The minimum atomic E-state index is 0.543. The van der Waals surface area contributed by atoms with Crippen LogP contribution in [0.5, 0.6) is 5.75 Å². The highest BCUT2D eigenvalue weighted by Gasteiger charge is 2.07. The van der Waals surface area contributed by atoms with Crippen LogP contribution in [-0.4, -0.2) is 16.8 Å². The quantitative estimate of drug-likeness (QED) is 0.829. The molecular formula is C16H22BrN3O. The van der Waals surface area contributed by atoms with Crippen LogP contribution in [0.2, 0.25) is 0 Å². The van der Waals surface area contributed by atoms with Gasteiger partial charge in [-0.3, -0.25) is 4.68 Å². The average Bonchev–Trinajstić information content (AvgIpc) is 2.90. The Balaban J connectivity index is 2.09. The molecule has 0 aliphatic heterocycles. The maximum Gasteiger partial charge on any atom is 0.130 e. The molecule has 0 radical (unpaired) electrons. The summed E-state index contributed by atoms with van der Waals surface area (Å²) < 4.78 is 9.02. The number of nitrogens with one attached hydrogen (secondary N) is 1. The number of nitrogens with zero attached hydrogens (tertiary/aromatic N) is 2. The molecule has 2 rings (SSSR count). The molecule has 5 heteroatoms. The molecule has 0 bridgehead atoms. The van der Waals surface area contributed by atoms with Gasteiger partial charge < -0.3 is 10.1 Å². The number of ether oxygens (including phenoxy) is 1. The van der Waals surface area contributed by atoms with Gasteiger partial charge in [0.15, 0.2) is 0 Å². The first-order valence-electron chi connectivity index (χ1n) is 7.29. The monoisotopic (exact) mass is 351 g/mol. The van der Waals surface area contributed by atoms with Gasteiger partial charge in [0.05, 0.1) is 11.4 Å². The van der Waals surface area contributed by atoms with Gasteiger partial charge >= 0.3 is 0 Å². The molecule has 114 valence electrons. The predicted octanol–water partition coefficient (Wildman–Crippen LogP) is 3.53. The molecule has 4 nitrogen and oxygen atoms in total. The van der Waals surface area contributed by atoms with Gasteiger partial charge in [-0.15, -0.1) is 0 Å². The zero-order valence-corrected chi connectivity index (χ0v) is 14.4. The Labute approximate surface area is 134 Å². The highest BCUT2D eigenvalue weighted by molar-refractivity contribution is 9.10. The van der Waals surface area contributed by atoms with Crippen LogP contribution >= 0.6 is 15.9 Å². The highest BCUT2D eigenvalue weighted by atomic mass is 79.9. The molecule has 2 aromatic rings. The molecule has 0 spiro atoms. The van der Waals surface area contributed by atoms with Gasteiger partial charge in [0.2, 0.25) is 0 Å². The van der Waals surface area contributed by atoms with Crippen molar-refractivity contribution in [2.45, 2.75) is 40.0 Å². The molecule has 0 saturated carbocycles. The number of hydrogen-bond donors (Lipinski definition) is 1. The van der Waals surface area contributed by atoms with Crippen LogP contribution in [0, 0.1) is 0 Å². The summed E-state index contributed by atoms with van der Waals surface area (Å²) in [5.74, 6) is 0.880. The van der Waals surface area contributed by atoms with Crippen molar-refractivity contribution < 1.29 is 4.74 Å². The zero-order chi connectivity index (χ0) is 15.2. The fourth-order valence-corrected chi connectivity index (χ4v) is 2.59. The molecule has 0 unspecified atom stereocenters. The van der Waals surface area contributed by atoms with Crippen molar-refractivity contribution in [1.29, 1.82) is 0 Å². The summed E-state index contributed by atoms with van der Waals surface area (Å²) in [6.07, 6.45) is 0.949. The van der Waals surface area contributed by atoms with Crippen LogP contribution in [0.3, 0.4) is 0 Å². The zero-order valence-electron chi connectivity index (χ0n) is 12.8. The van der Waals surface area contributed by atoms with E-state index >= 15 is 0 Å². The van der Waals surface area contributed by atoms with E-state index in [-0.39, 0.29) is 0 Å². The van der Waals surface area contributed by atoms with E-state index in [1.165, 1.54) is 5.56 Å². The van der Waals surface area contributed by atoms with Crippen LogP contribution in [-0.2, 0) is 26.1 Å². The van der Waals surface area contributed by atoms with Crippen LogP contribution in [0.15, 0.2) is 28.7 Å². The third-order valence-electron chi connectivity index (χ3n) is 3.35. The summed E-state index contributed by atoms with van der Waals surface area (Å²) in [4.78, 5) is 0. The predicted molar refractivity (Wildman–Crippen MR) is 88.5 cm³/mol. The highest BCUT2D eigenvalue weighted by Crippen LogP contribution is 2.23. The fourth-order valence-electron chi connectivity index (χ4n) is 2.20. The van der Waals surface area contributed by atoms with Gasteiger partial charge in [-0.2, -0.15) is 5.10 Å². The molecule has 0 atom stereocenters. The van der Waals surface area contributed by atoms with Gasteiger partial charge in [0.1, 0.15) is 12.4 Å². The lowest BCUT2D eigenvalue weighted by Gasteiger charge is -2.10. The van der Waals surface area contributed by atoms with Gasteiger partial charge in [0.25, 0.3) is 0 Å². The molecule has 0 aliphatic carbocycles. The second-order valence-corrected chi connectivity index (χ2v) is 5.72. The largest absolute Gasteiger partial charge is 0.487 e. The number of hydrogen-bond acceptors (Lipinski definition) is 3. The van der Waals surface area contributed by atoms with Gasteiger partial charge in [-0.25, -0.2) is 0 Å². The summed E-state index contributed by atoms with van der Waals surface area (Å²) in [5, 5.41) is 7.70. The Hall–Kier alpha value is -1.33. The number of aryl methyl sites for hydroxylation is 2. The molecule has 1 aromatic heterocycles. The maximum atomic E-state index is 5.92. The summed E-state index contributed by atoms with van der Waals surface area (Å²) >= 11 is 3.55. The third kappa shape index (κ3) is 4.08. The van der Waals surface area contributed by atoms with E-state index in [4.69, 9.17) is 4.74 Å². The lowest BCUT2D eigenvalue weighted by atomic mass is 10.2. The molecule has 21 heavy (non-hydrogen) atoms. The van der Waals surface area contributed by atoms with Crippen molar-refractivity contribution in [3.63, 3.8) is 0 Å². The van der Waals surface area contributed by atoms with Gasteiger partial charge in [-0.05, 0) is 50.2 Å². The van der Waals surface area contributed by atoms with E-state index in [1.807, 2.05) is 23.9 Å². The first-order valence-corrected chi connectivity index (χ1v) is 8.08. The molecule has 0 fully saturated rings. The lowest BCUT2D eigenvalue weighted by molar-refractivity contribution is 0.292. The van der Waals surface area contributed by atoms with Crippen LogP contribution in [0.4, 0.5) is 0 Å². The van der Waals surface area contributed by atoms with E-state index in [0.29, 0.717) is 6.61 Å². The molecule has 0 saturated heterocycles. The van der Waals surface area contributed by atoms with E-state index in [2.05, 4.69) is 52.3 Å². The maximum absolute atomic E-state index is 5.92. The first kappa shape index (κ1) is 16.0. The number of rotatable bonds is 7. The molecular weight excluding hydrogens is 330 g/mol. The first-order chi connectivity index (χ1) is 10.2. The summed E-state index contributed by atoms with van der Waals surface area (Å²) in [5.41, 5.74) is 3.42. The van der Waals surface area contributed by atoms with Crippen molar-refractivity contribution in [1.82, 2.24) is 15.1 Å². The number of benzene rings is 1. The SMILES string of the molecule is CCc1cc(COc2ccc(Br)c(CNC)c2)n(CC)n1. The smallest absolute Gasteiger partial charge is 0.130 e. The van der Waals surface area contributed by atoms with E-state index in [1.54, 1.807) is 0 Å². The normalized spacial score (nSPS) is 10.9. The van der Waals surface area contributed by atoms with Gasteiger partial charge in [-0.1, -0.05) is 22.9 Å². The standard InChI is InChI=1S/C16H22BrN3O/c1-4-13-9-14(20(5-2)19-13)11-21-15-6-7-16(17)12(8-15)10-18-3/h6-9,18H,4-5,10-11H2,1-3H3. The summed E-state index contributed by atoms with van der Waals surface area (Å²) in [6.45, 7) is 6.43. The molecule has 0 aliphatic rings. The Morgan fingerprint density at radius 1 is 1.29 bits per heavy atom. The number of halogens is 1. The van der Waals surface area contributed by atoms with Crippen molar-refractivity contribution in [2.75, 3.05) is 7.05 Å². The van der Waals surface area contributed by atoms with Crippen molar-refractivity contribution >= 4 is 15.9 Å². The van der Waals surface area contributed by atoms with Crippen LogP contribution in [0.25, 0.3) is 0 Å². The summed E-state index contributed by atoms with van der Waals surface area (Å²) in [6, 6.07) is 8.19. The fraction of sp³-hybridized carbons (Fsp3) is 0.438. The average molecular weight is 352 g/mol. The van der Waals surface area contributed by atoms with Crippen molar-refractivity contribution in [3.8, 4) is 5.75 Å². The molecule has 1 heterocycles. The van der Waals surface area contributed by atoms with E-state index in [0.717, 1.165) is 41.1 Å². The van der Waals surface area contributed by atoms with Crippen molar-refractivity contribution in [3.05, 3.63) is 45.7 Å². The second kappa shape index (κ2) is 7.61. The Bertz CT molecular complexity index is 595. The van der Waals surface area contributed by atoms with E-state index in [9.17, 15) is 0 Å². The Morgan fingerprint density at radius 3 is 2.76 bits per heavy atom. The minimum absolute atomic E-state index is 0.543. The topological polar surface area (TPSA) is 39.1 Å². The van der Waals surface area contributed by atoms with Gasteiger partial charge in [0, 0.05) is 17.6 Å².